The maximum absolute atomic E-state index is 4.69. The Morgan fingerprint density at radius 3 is 2.67 bits per heavy atom. The molecule has 1 saturated heterocycles. The second-order valence-electron chi connectivity index (χ2n) is 7.45. The van der Waals surface area contributed by atoms with E-state index in [2.05, 4.69) is 76.8 Å². The van der Waals surface area contributed by atoms with Crippen LogP contribution in [0.5, 0.6) is 0 Å². The van der Waals surface area contributed by atoms with Crippen LogP contribution in [-0.2, 0) is 6.54 Å². The van der Waals surface area contributed by atoms with E-state index < -0.39 is 0 Å². The smallest absolute Gasteiger partial charge is 0.0935 e. The molecule has 1 aliphatic heterocycles. The molecule has 3 heteroatoms. The van der Waals surface area contributed by atoms with Crippen molar-refractivity contribution in [3.8, 4) is 0 Å². The molecular weight excluding hydrogens is 330 g/mol. The van der Waals surface area contributed by atoms with Crippen LogP contribution in [0.15, 0.2) is 67.4 Å². The van der Waals surface area contributed by atoms with E-state index in [0.29, 0.717) is 0 Å². The predicted molar refractivity (Wildman–Crippen MR) is 115 cm³/mol. The molecule has 1 aromatic heterocycles. The summed E-state index contributed by atoms with van der Waals surface area (Å²) < 4.78 is 0. The maximum atomic E-state index is 4.69. The molecule has 2 aromatic carbocycles. The Balaban J connectivity index is 1.58. The summed E-state index contributed by atoms with van der Waals surface area (Å²) in [5.41, 5.74) is 6.03. The highest BCUT2D eigenvalue weighted by molar-refractivity contribution is 5.94. The van der Waals surface area contributed by atoms with Crippen molar-refractivity contribution in [2.75, 3.05) is 31.1 Å². The average Bonchev–Trinajstić information content (AvgIpc) is 2.93. The lowest BCUT2D eigenvalue weighted by Gasteiger charge is -2.25. The van der Waals surface area contributed by atoms with Crippen molar-refractivity contribution in [3.05, 3.63) is 78.5 Å². The van der Waals surface area contributed by atoms with Crippen LogP contribution < -0.4 is 4.90 Å². The topological polar surface area (TPSA) is 19.4 Å². The number of hydrogen-bond donors (Lipinski definition) is 0. The first-order valence-electron chi connectivity index (χ1n) is 9.76. The van der Waals surface area contributed by atoms with Gasteiger partial charge in [0.25, 0.3) is 0 Å². The van der Waals surface area contributed by atoms with Gasteiger partial charge in [0.15, 0.2) is 0 Å². The molecule has 1 aliphatic rings. The van der Waals surface area contributed by atoms with Crippen molar-refractivity contribution in [1.29, 1.82) is 0 Å². The first-order valence-corrected chi connectivity index (χ1v) is 9.76. The lowest BCUT2D eigenvalue weighted by molar-refractivity contribution is 0.285. The molecule has 0 saturated carbocycles. The molecule has 0 radical (unpaired) electrons. The van der Waals surface area contributed by atoms with E-state index >= 15 is 0 Å². The minimum Gasteiger partial charge on any atom is -0.368 e. The number of aromatic nitrogens is 1. The molecule has 2 heterocycles. The van der Waals surface area contributed by atoms with Gasteiger partial charge in [-0.1, -0.05) is 48.6 Å². The Hall–Kier alpha value is -2.65. The summed E-state index contributed by atoms with van der Waals surface area (Å²) in [5.74, 6) is 0. The van der Waals surface area contributed by atoms with Gasteiger partial charge in [0.05, 0.1) is 11.2 Å². The fraction of sp³-hybridized carbons (Fsp3) is 0.292. The summed E-state index contributed by atoms with van der Waals surface area (Å²) in [6.07, 6.45) is 3.06. The van der Waals surface area contributed by atoms with Crippen molar-refractivity contribution >= 4 is 22.2 Å². The van der Waals surface area contributed by atoms with E-state index in [9.17, 15) is 0 Å². The van der Waals surface area contributed by atoms with E-state index in [1.165, 1.54) is 28.6 Å². The third-order valence-electron chi connectivity index (χ3n) is 5.36. The number of nitrogens with zero attached hydrogens (tertiary/aromatic N) is 3. The molecule has 0 aliphatic carbocycles. The Labute approximate surface area is 161 Å². The van der Waals surface area contributed by atoms with Gasteiger partial charge < -0.3 is 4.90 Å². The predicted octanol–water partition coefficient (Wildman–Crippen LogP) is 4.98. The van der Waals surface area contributed by atoms with E-state index in [0.717, 1.165) is 43.8 Å². The largest absolute Gasteiger partial charge is 0.368 e. The second kappa shape index (κ2) is 7.93. The average molecular weight is 358 g/mol. The highest BCUT2D eigenvalue weighted by Crippen LogP contribution is 2.30. The highest BCUT2D eigenvalue weighted by atomic mass is 15.2. The lowest BCUT2D eigenvalue weighted by atomic mass is 10.0. The number of anilines is 1. The number of rotatable bonds is 4. The second-order valence-corrected chi connectivity index (χ2v) is 7.45. The summed E-state index contributed by atoms with van der Waals surface area (Å²) in [5, 5.41) is 1.19. The van der Waals surface area contributed by atoms with E-state index in [1.807, 2.05) is 12.3 Å². The summed E-state index contributed by atoms with van der Waals surface area (Å²) >= 11 is 0. The normalized spacial score (nSPS) is 15.7. The van der Waals surface area contributed by atoms with Gasteiger partial charge in [-0.3, -0.25) is 9.88 Å². The minimum atomic E-state index is 1.03. The van der Waals surface area contributed by atoms with Crippen molar-refractivity contribution in [3.63, 3.8) is 0 Å². The molecule has 0 N–H and O–H groups in total. The minimum absolute atomic E-state index is 1.03. The zero-order chi connectivity index (χ0) is 18.6. The first-order chi connectivity index (χ1) is 13.2. The Morgan fingerprint density at radius 2 is 1.85 bits per heavy atom. The molecule has 1 fully saturated rings. The molecule has 0 amide bonds. The molecule has 3 aromatic rings. The fourth-order valence-electron chi connectivity index (χ4n) is 3.87. The monoisotopic (exact) mass is 357 g/mol. The van der Waals surface area contributed by atoms with Crippen LogP contribution in [0.3, 0.4) is 0 Å². The number of hydrogen-bond acceptors (Lipinski definition) is 3. The maximum Gasteiger partial charge on any atom is 0.0935 e. The molecule has 138 valence electrons. The van der Waals surface area contributed by atoms with Gasteiger partial charge in [-0.05, 0) is 42.7 Å². The SMILES string of the molecule is C=C(C)c1cc(N2CCCN(Cc3ccccc3)CC2)c2ncccc2c1. The van der Waals surface area contributed by atoms with Crippen molar-refractivity contribution in [2.24, 2.45) is 0 Å². The van der Waals surface area contributed by atoms with Crippen LogP contribution in [0.2, 0.25) is 0 Å². The standard InChI is InChI=1S/C24H27N3/c1-19(2)22-16-21-10-6-11-25-24(21)23(17-22)27-13-7-12-26(14-15-27)18-20-8-4-3-5-9-20/h3-6,8-11,16-17H,1,7,12-15,18H2,2H3. The molecular formula is C24H27N3. The van der Waals surface area contributed by atoms with Crippen LogP contribution in [0, 0.1) is 0 Å². The first kappa shape index (κ1) is 17.7. The van der Waals surface area contributed by atoms with Crippen molar-refractivity contribution < 1.29 is 0 Å². The fourth-order valence-corrected chi connectivity index (χ4v) is 3.87. The summed E-state index contributed by atoms with van der Waals surface area (Å²) in [6.45, 7) is 11.5. The van der Waals surface area contributed by atoms with E-state index in [1.54, 1.807) is 0 Å². The van der Waals surface area contributed by atoms with Crippen LogP contribution in [-0.4, -0.2) is 36.1 Å². The Bertz CT molecular complexity index is 933. The zero-order valence-electron chi connectivity index (χ0n) is 16.1. The highest BCUT2D eigenvalue weighted by Gasteiger charge is 2.18. The molecule has 0 atom stereocenters. The molecule has 27 heavy (non-hydrogen) atoms. The molecule has 4 rings (SSSR count). The zero-order valence-corrected chi connectivity index (χ0v) is 16.1. The van der Waals surface area contributed by atoms with Crippen LogP contribution in [0.25, 0.3) is 16.5 Å². The van der Waals surface area contributed by atoms with E-state index in [-0.39, 0.29) is 0 Å². The van der Waals surface area contributed by atoms with Gasteiger partial charge in [-0.25, -0.2) is 0 Å². The van der Waals surface area contributed by atoms with Crippen molar-refractivity contribution in [1.82, 2.24) is 9.88 Å². The van der Waals surface area contributed by atoms with Crippen LogP contribution in [0.4, 0.5) is 5.69 Å². The number of allylic oxidation sites excluding steroid dienone is 1. The van der Waals surface area contributed by atoms with Gasteiger partial charge in [-0.2, -0.15) is 0 Å². The quantitative estimate of drug-likeness (QED) is 0.656. The number of benzene rings is 2. The summed E-state index contributed by atoms with van der Waals surface area (Å²) in [7, 11) is 0. The Kier molecular flexibility index (Phi) is 5.21. The number of fused-ring (bicyclic) bond motifs is 1. The molecule has 0 unspecified atom stereocenters. The lowest BCUT2D eigenvalue weighted by Crippen LogP contribution is -2.30. The van der Waals surface area contributed by atoms with Gasteiger partial charge in [0.2, 0.25) is 0 Å². The van der Waals surface area contributed by atoms with Gasteiger partial charge in [-0.15, -0.1) is 0 Å². The third kappa shape index (κ3) is 4.04. The van der Waals surface area contributed by atoms with Crippen LogP contribution in [0.1, 0.15) is 24.5 Å². The summed E-state index contributed by atoms with van der Waals surface area (Å²) in [6, 6.07) is 19.4. The van der Waals surface area contributed by atoms with Crippen molar-refractivity contribution in [2.45, 2.75) is 19.9 Å². The Morgan fingerprint density at radius 1 is 1.00 bits per heavy atom. The third-order valence-corrected chi connectivity index (χ3v) is 5.36. The van der Waals surface area contributed by atoms with E-state index in [4.69, 9.17) is 0 Å². The number of pyridine rings is 1. The van der Waals surface area contributed by atoms with Gasteiger partial charge in [0, 0.05) is 44.3 Å². The molecule has 0 bridgehead atoms. The van der Waals surface area contributed by atoms with Gasteiger partial charge in [0.1, 0.15) is 0 Å². The molecule has 0 spiro atoms. The van der Waals surface area contributed by atoms with Gasteiger partial charge >= 0.3 is 0 Å². The van der Waals surface area contributed by atoms with Crippen LogP contribution >= 0.6 is 0 Å². The molecule has 3 nitrogen and oxygen atoms in total. The summed E-state index contributed by atoms with van der Waals surface area (Å²) in [4.78, 5) is 9.76.